The predicted molar refractivity (Wildman–Crippen MR) is 87.8 cm³/mol. The first-order valence-corrected chi connectivity index (χ1v) is 7.74. The second-order valence-electron chi connectivity index (χ2n) is 4.00. The highest BCUT2D eigenvalue weighted by Gasteiger charge is 2.16. The molecule has 2 aromatic rings. The molecule has 0 aliphatic heterocycles. The van der Waals surface area contributed by atoms with Crippen LogP contribution in [-0.4, -0.2) is 4.21 Å². The van der Waals surface area contributed by atoms with Gasteiger partial charge in [-0.05, 0) is 23.3 Å². The van der Waals surface area contributed by atoms with E-state index in [1.54, 1.807) is 36.4 Å². The van der Waals surface area contributed by atoms with E-state index in [9.17, 15) is 4.21 Å². The summed E-state index contributed by atoms with van der Waals surface area (Å²) in [6.45, 7) is 7.37. The molecular weight excluding hydrogens is 311 g/mol. The Kier molecular flexibility index (Phi) is 4.81. The van der Waals surface area contributed by atoms with Gasteiger partial charge in [0.05, 0.1) is 30.6 Å². The minimum Gasteiger partial charge on any atom is -0.249 e. The Balaban J connectivity index is 2.58. The van der Waals surface area contributed by atoms with Crippen molar-refractivity contribution in [3.63, 3.8) is 0 Å². The van der Waals surface area contributed by atoms with Crippen LogP contribution in [0.15, 0.2) is 59.3 Å². The van der Waals surface area contributed by atoms with Gasteiger partial charge < -0.3 is 0 Å². The second-order valence-corrected chi connectivity index (χ2v) is 6.17. The maximum absolute atomic E-state index is 12.7. The number of halogens is 2. The summed E-state index contributed by atoms with van der Waals surface area (Å²) in [5, 5.41) is 0.863. The highest BCUT2D eigenvalue weighted by Crippen LogP contribution is 2.32. The van der Waals surface area contributed by atoms with Gasteiger partial charge in [0.25, 0.3) is 0 Å². The summed E-state index contributed by atoms with van der Waals surface area (Å²) in [4.78, 5) is 1.04. The molecule has 0 amide bonds. The van der Waals surface area contributed by atoms with Gasteiger partial charge in [-0.2, -0.15) is 0 Å². The largest absolute Gasteiger partial charge is 0.249 e. The number of hydrogen-bond acceptors (Lipinski definition) is 1. The second kappa shape index (κ2) is 6.40. The molecule has 2 aromatic carbocycles. The maximum atomic E-state index is 12.7. The van der Waals surface area contributed by atoms with Crippen LogP contribution in [0.4, 0.5) is 0 Å². The third-order valence-electron chi connectivity index (χ3n) is 2.83. The van der Waals surface area contributed by atoms with Gasteiger partial charge in [0.1, 0.15) is 0 Å². The number of benzene rings is 2. The van der Waals surface area contributed by atoms with Gasteiger partial charge in [-0.25, -0.2) is 4.21 Å². The van der Waals surface area contributed by atoms with Crippen molar-refractivity contribution in [3.8, 4) is 0 Å². The van der Waals surface area contributed by atoms with E-state index >= 15 is 0 Å². The summed E-state index contributed by atoms with van der Waals surface area (Å²) in [6, 6.07) is 10.7. The summed E-state index contributed by atoms with van der Waals surface area (Å²) in [5.74, 6) is 0. The van der Waals surface area contributed by atoms with Crippen LogP contribution in [0.5, 0.6) is 0 Å². The topological polar surface area (TPSA) is 17.1 Å². The molecular formula is C16H12Cl2OS. The van der Waals surface area contributed by atoms with Gasteiger partial charge in [-0.1, -0.05) is 72.8 Å². The molecule has 0 aromatic heterocycles. The van der Waals surface area contributed by atoms with Crippen molar-refractivity contribution in [2.75, 3.05) is 0 Å². The molecule has 102 valence electrons. The van der Waals surface area contributed by atoms with Gasteiger partial charge >= 0.3 is 0 Å². The molecule has 0 aliphatic rings. The first kappa shape index (κ1) is 15.0. The van der Waals surface area contributed by atoms with Crippen molar-refractivity contribution >= 4 is 46.2 Å². The van der Waals surface area contributed by atoms with Crippen molar-refractivity contribution in [2.24, 2.45) is 0 Å². The zero-order chi connectivity index (χ0) is 14.7. The lowest BCUT2D eigenvalue weighted by molar-refractivity contribution is 0.683. The predicted octanol–water partition coefficient (Wildman–Crippen LogP) is 5.45. The zero-order valence-electron chi connectivity index (χ0n) is 10.6. The Morgan fingerprint density at radius 3 is 1.60 bits per heavy atom. The lowest BCUT2D eigenvalue weighted by Gasteiger charge is -2.10. The van der Waals surface area contributed by atoms with Crippen LogP contribution in [0.2, 0.25) is 10.0 Å². The minimum atomic E-state index is -1.45. The first-order chi connectivity index (χ1) is 9.60. The van der Waals surface area contributed by atoms with Gasteiger partial charge in [0.2, 0.25) is 0 Å². The molecule has 0 aliphatic carbocycles. The SMILES string of the molecule is C=Cc1cccc(S(=O)c2cccc(C=C)c2Cl)c1Cl. The van der Waals surface area contributed by atoms with Crippen LogP contribution in [0.1, 0.15) is 11.1 Å². The van der Waals surface area contributed by atoms with E-state index in [0.717, 1.165) is 11.1 Å². The highest BCUT2D eigenvalue weighted by molar-refractivity contribution is 7.85. The summed E-state index contributed by atoms with van der Waals surface area (Å²) < 4.78 is 12.7. The standard InChI is InChI=1S/C16H12Cl2OS/c1-3-11-7-5-9-13(15(11)17)20(19)14-10-6-8-12(4-2)16(14)18/h3-10H,1-2H2. The fraction of sp³-hybridized carbons (Fsp3) is 0. The van der Waals surface area contributed by atoms with Crippen molar-refractivity contribution in [1.29, 1.82) is 0 Å². The fourth-order valence-electron chi connectivity index (χ4n) is 1.78. The van der Waals surface area contributed by atoms with Gasteiger partial charge in [-0.3, -0.25) is 0 Å². The molecule has 0 atom stereocenters. The molecule has 0 fully saturated rings. The van der Waals surface area contributed by atoms with Crippen molar-refractivity contribution in [2.45, 2.75) is 9.79 Å². The van der Waals surface area contributed by atoms with E-state index in [-0.39, 0.29) is 0 Å². The summed E-state index contributed by atoms with van der Waals surface area (Å²) in [7, 11) is -1.45. The molecule has 0 saturated carbocycles. The highest BCUT2D eigenvalue weighted by atomic mass is 35.5. The van der Waals surface area contributed by atoms with E-state index in [2.05, 4.69) is 13.2 Å². The molecule has 0 unspecified atom stereocenters. The van der Waals surface area contributed by atoms with Crippen LogP contribution in [0.3, 0.4) is 0 Å². The molecule has 0 heterocycles. The summed E-state index contributed by atoms with van der Waals surface area (Å²) >= 11 is 12.5. The average molecular weight is 323 g/mol. The normalized spacial score (nSPS) is 10.6. The third-order valence-corrected chi connectivity index (χ3v) is 5.37. The molecule has 4 heteroatoms. The summed E-state index contributed by atoms with van der Waals surface area (Å²) in [5.41, 5.74) is 1.49. The Morgan fingerprint density at radius 2 is 1.25 bits per heavy atom. The molecule has 0 spiro atoms. The smallest absolute Gasteiger partial charge is 0.0880 e. The van der Waals surface area contributed by atoms with Gasteiger partial charge in [0, 0.05) is 0 Å². The molecule has 20 heavy (non-hydrogen) atoms. The van der Waals surface area contributed by atoms with E-state index in [1.807, 2.05) is 12.1 Å². The van der Waals surface area contributed by atoms with E-state index in [4.69, 9.17) is 23.2 Å². The van der Waals surface area contributed by atoms with Gasteiger partial charge in [-0.15, -0.1) is 0 Å². The van der Waals surface area contributed by atoms with Crippen LogP contribution >= 0.6 is 23.2 Å². The molecule has 0 N–H and O–H groups in total. The Morgan fingerprint density at radius 1 is 0.850 bits per heavy atom. The van der Waals surface area contributed by atoms with Crippen molar-refractivity contribution in [3.05, 3.63) is 70.7 Å². The van der Waals surface area contributed by atoms with Crippen LogP contribution in [0, 0.1) is 0 Å². The lowest BCUT2D eigenvalue weighted by Crippen LogP contribution is -1.97. The van der Waals surface area contributed by atoms with Crippen LogP contribution < -0.4 is 0 Å². The Bertz CT molecular complexity index is 648. The Hall–Kier alpha value is -1.35. The lowest BCUT2D eigenvalue weighted by atomic mass is 10.2. The van der Waals surface area contributed by atoms with Crippen molar-refractivity contribution in [1.82, 2.24) is 0 Å². The first-order valence-electron chi connectivity index (χ1n) is 5.83. The number of rotatable bonds is 4. The Labute approximate surface area is 131 Å². The number of hydrogen-bond donors (Lipinski definition) is 0. The zero-order valence-corrected chi connectivity index (χ0v) is 12.9. The molecule has 0 bridgehead atoms. The molecule has 0 radical (unpaired) electrons. The van der Waals surface area contributed by atoms with Crippen LogP contribution in [0.25, 0.3) is 12.2 Å². The quantitative estimate of drug-likeness (QED) is 0.731. The minimum absolute atomic E-state index is 0.431. The monoisotopic (exact) mass is 322 g/mol. The molecule has 1 nitrogen and oxygen atoms in total. The molecule has 0 saturated heterocycles. The maximum Gasteiger partial charge on any atom is 0.0880 e. The van der Waals surface area contributed by atoms with E-state index in [1.165, 1.54) is 0 Å². The summed E-state index contributed by atoms with van der Waals surface area (Å²) in [6.07, 6.45) is 3.26. The van der Waals surface area contributed by atoms with E-state index in [0.29, 0.717) is 19.8 Å². The fourth-order valence-corrected chi connectivity index (χ4v) is 3.80. The van der Waals surface area contributed by atoms with Crippen molar-refractivity contribution < 1.29 is 4.21 Å². The average Bonchev–Trinajstić information content (AvgIpc) is 2.47. The third kappa shape index (κ3) is 2.73. The van der Waals surface area contributed by atoms with Crippen LogP contribution in [-0.2, 0) is 10.8 Å². The van der Waals surface area contributed by atoms with Gasteiger partial charge in [0.15, 0.2) is 0 Å². The molecule has 2 rings (SSSR count). The van der Waals surface area contributed by atoms with E-state index < -0.39 is 10.8 Å².